The zero-order valence-electron chi connectivity index (χ0n) is 13.3. The summed E-state index contributed by atoms with van der Waals surface area (Å²) < 4.78 is 14.4. The van der Waals surface area contributed by atoms with Gasteiger partial charge in [-0.15, -0.1) is 0 Å². The third-order valence-corrected chi connectivity index (χ3v) is 2.30. The Morgan fingerprint density at radius 1 is 1.09 bits per heavy atom. The quantitative estimate of drug-likeness (QED) is 0.178. The summed E-state index contributed by atoms with van der Waals surface area (Å²) in [6.45, 7) is 9.23. The minimum absolute atomic E-state index is 0.0318. The van der Waals surface area contributed by atoms with Gasteiger partial charge in [-0.05, 0) is 25.3 Å². The van der Waals surface area contributed by atoms with Gasteiger partial charge in [0.15, 0.2) is 0 Å². The predicted octanol–water partition coefficient (Wildman–Crippen LogP) is 2.33. The summed E-state index contributed by atoms with van der Waals surface area (Å²) in [6, 6.07) is 0. The van der Waals surface area contributed by atoms with Crippen molar-refractivity contribution in [2.75, 3.05) is 26.4 Å². The second-order valence-corrected chi connectivity index (χ2v) is 4.83. The van der Waals surface area contributed by atoms with E-state index in [4.69, 9.17) is 9.62 Å². The maximum Gasteiger partial charge on any atom is 0.542 e. The molecule has 0 aromatic rings. The molecule has 22 heavy (non-hydrogen) atoms. The first-order valence-corrected chi connectivity index (χ1v) is 6.97. The molecule has 0 N–H and O–H groups in total. The van der Waals surface area contributed by atoms with Gasteiger partial charge in [0.1, 0.15) is 18.8 Å². The Bertz CT molecular complexity index is 340. The van der Waals surface area contributed by atoms with Crippen molar-refractivity contribution in [2.45, 2.75) is 39.2 Å². The number of hydrogen-bond acceptors (Lipinski definition) is 8. The van der Waals surface area contributed by atoms with Gasteiger partial charge in [0.2, 0.25) is 0 Å². The van der Waals surface area contributed by atoms with Crippen LogP contribution in [0.5, 0.6) is 0 Å². The van der Waals surface area contributed by atoms with Crippen LogP contribution in [0, 0.1) is 0 Å². The summed E-state index contributed by atoms with van der Waals surface area (Å²) in [6.07, 6.45) is 1.67. The van der Waals surface area contributed by atoms with Crippen molar-refractivity contribution < 1.29 is 38.6 Å². The van der Waals surface area contributed by atoms with Gasteiger partial charge >= 0.3 is 12.1 Å². The SMILES string of the molecule is C=CC(=O)OCCOCCOC(=O)OOOC(C)(C)CCC. The molecule has 8 nitrogen and oxygen atoms in total. The highest BCUT2D eigenvalue weighted by Crippen LogP contribution is 2.16. The molecule has 0 aromatic heterocycles. The van der Waals surface area contributed by atoms with Gasteiger partial charge in [0.05, 0.1) is 13.2 Å². The van der Waals surface area contributed by atoms with E-state index in [1.165, 1.54) is 0 Å². The van der Waals surface area contributed by atoms with E-state index in [9.17, 15) is 9.59 Å². The third-order valence-electron chi connectivity index (χ3n) is 2.30. The van der Waals surface area contributed by atoms with Gasteiger partial charge in [0, 0.05) is 6.08 Å². The highest BCUT2D eigenvalue weighted by Gasteiger charge is 2.20. The van der Waals surface area contributed by atoms with Crippen molar-refractivity contribution in [3.8, 4) is 0 Å². The van der Waals surface area contributed by atoms with E-state index in [0.29, 0.717) is 0 Å². The summed E-state index contributed by atoms with van der Waals surface area (Å²) in [5.41, 5.74) is -0.555. The van der Waals surface area contributed by atoms with Crippen LogP contribution in [0.4, 0.5) is 4.79 Å². The van der Waals surface area contributed by atoms with Gasteiger partial charge in [-0.2, -0.15) is 4.89 Å². The standard InChI is InChI=1S/C14H24O8/c1-5-7-14(3,4)21-22-20-13(16)19-11-9-17-8-10-18-12(15)6-2/h6H,2,5,7-11H2,1,3-4H3. The van der Waals surface area contributed by atoms with Crippen molar-refractivity contribution in [2.24, 2.45) is 0 Å². The summed E-state index contributed by atoms with van der Waals surface area (Å²) in [5.74, 6) is -0.522. The van der Waals surface area contributed by atoms with E-state index < -0.39 is 17.7 Å². The molecule has 0 aliphatic heterocycles. The van der Waals surface area contributed by atoms with Crippen LogP contribution < -0.4 is 0 Å². The minimum Gasteiger partial charge on any atom is -0.460 e. The summed E-state index contributed by atoms with van der Waals surface area (Å²) in [7, 11) is 0. The van der Waals surface area contributed by atoms with Crippen molar-refractivity contribution >= 4 is 12.1 Å². The molecule has 0 spiro atoms. The second kappa shape index (κ2) is 12.0. The number of esters is 1. The number of carbonyl (C=O) groups excluding carboxylic acids is 2. The molecule has 0 unspecified atom stereocenters. The number of ether oxygens (including phenoxy) is 3. The van der Waals surface area contributed by atoms with Gasteiger partial charge in [-0.25, -0.2) is 14.5 Å². The van der Waals surface area contributed by atoms with Crippen LogP contribution in [0.15, 0.2) is 12.7 Å². The molecule has 0 rings (SSSR count). The average molecular weight is 320 g/mol. The Kier molecular flexibility index (Phi) is 11.1. The van der Waals surface area contributed by atoms with Crippen LogP contribution in [0.1, 0.15) is 33.6 Å². The normalized spacial score (nSPS) is 10.9. The van der Waals surface area contributed by atoms with Crippen LogP contribution in [0.25, 0.3) is 0 Å². The molecule has 0 aliphatic carbocycles. The van der Waals surface area contributed by atoms with E-state index in [0.717, 1.165) is 18.9 Å². The van der Waals surface area contributed by atoms with Crippen molar-refractivity contribution in [3.05, 3.63) is 12.7 Å². The molecule has 0 amide bonds. The summed E-state index contributed by atoms with van der Waals surface area (Å²) in [4.78, 5) is 31.0. The lowest BCUT2D eigenvalue weighted by atomic mass is 10.0. The van der Waals surface area contributed by atoms with Crippen molar-refractivity contribution in [1.29, 1.82) is 0 Å². The van der Waals surface area contributed by atoms with Gasteiger partial charge in [0.25, 0.3) is 0 Å². The number of rotatable bonds is 12. The van der Waals surface area contributed by atoms with Crippen LogP contribution in [-0.2, 0) is 33.8 Å². The molecule has 128 valence electrons. The minimum atomic E-state index is -1.03. The third kappa shape index (κ3) is 12.1. The maximum absolute atomic E-state index is 11.1. The van der Waals surface area contributed by atoms with E-state index in [-0.39, 0.29) is 26.4 Å². The van der Waals surface area contributed by atoms with Gasteiger partial charge in [-0.3, -0.25) is 0 Å². The van der Waals surface area contributed by atoms with Crippen LogP contribution in [0.2, 0.25) is 0 Å². The first-order chi connectivity index (χ1) is 10.4. The average Bonchev–Trinajstić information content (AvgIpc) is 2.45. The van der Waals surface area contributed by atoms with Crippen LogP contribution in [-0.4, -0.2) is 44.2 Å². The Balaban J connectivity index is 3.47. The van der Waals surface area contributed by atoms with E-state index in [1.807, 2.05) is 6.92 Å². The number of hydrogen-bond donors (Lipinski definition) is 0. The fourth-order valence-corrected chi connectivity index (χ4v) is 1.35. The molecular weight excluding hydrogens is 296 g/mol. The molecule has 0 bridgehead atoms. The molecule has 0 fully saturated rings. The van der Waals surface area contributed by atoms with E-state index >= 15 is 0 Å². The topological polar surface area (TPSA) is 89.5 Å². The summed E-state index contributed by atoms with van der Waals surface area (Å²) in [5, 5.41) is 4.36. The van der Waals surface area contributed by atoms with Crippen molar-refractivity contribution in [1.82, 2.24) is 0 Å². The van der Waals surface area contributed by atoms with E-state index in [2.05, 4.69) is 26.0 Å². The Morgan fingerprint density at radius 2 is 1.73 bits per heavy atom. The van der Waals surface area contributed by atoms with Gasteiger partial charge < -0.3 is 14.2 Å². The molecule has 8 heteroatoms. The lowest BCUT2D eigenvalue weighted by molar-refractivity contribution is -0.517. The van der Waals surface area contributed by atoms with E-state index in [1.54, 1.807) is 13.8 Å². The maximum atomic E-state index is 11.1. The Morgan fingerprint density at radius 3 is 2.32 bits per heavy atom. The van der Waals surface area contributed by atoms with Crippen molar-refractivity contribution in [3.63, 3.8) is 0 Å². The molecule has 0 saturated heterocycles. The summed E-state index contributed by atoms with van der Waals surface area (Å²) >= 11 is 0. The smallest absolute Gasteiger partial charge is 0.460 e. The molecule has 0 aromatic carbocycles. The lowest BCUT2D eigenvalue weighted by Crippen LogP contribution is -2.25. The Labute approximate surface area is 130 Å². The monoisotopic (exact) mass is 320 g/mol. The van der Waals surface area contributed by atoms with Crippen LogP contribution >= 0.6 is 0 Å². The fraction of sp³-hybridized carbons (Fsp3) is 0.714. The highest BCUT2D eigenvalue weighted by atomic mass is 17.5. The molecular formula is C14H24O8. The Hall–Kier alpha value is -1.64. The number of carbonyl (C=O) groups is 2. The molecule has 0 radical (unpaired) electrons. The first-order valence-electron chi connectivity index (χ1n) is 6.97. The van der Waals surface area contributed by atoms with Crippen LogP contribution in [0.3, 0.4) is 0 Å². The lowest BCUT2D eigenvalue weighted by Gasteiger charge is -2.20. The molecule has 0 heterocycles. The molecule has 0 saturated carbocycles. The zero-order valence-corrected chi connectivity index (χ0v) is 13.3. The first kappa shape index (κ1) is 20.4. The second-order valence-electron chi connectivity index (χ2n) is 4.83. The molecule has 0 atom stereocenters. The zero-order chi connectivity index (χ0) is 16.8. The van der Waals surface area contributed by atoms with Gasteiger partial charge in [-0.1, -0.05) is 19.9 Å². The molecule has 0 aliphatic rings. The largest absolute Gasteiger partial charge is 0.542 e. The highest BCUT2D eigenvalue weighted by molar-refractivity contribution is 5.81. The fourth-order valence-electron chi connectivity index (χ4n) is 1.35. The predicted molar refractivity (Wildman–Crippen MR) is 75.6 cm³/mol.